The van der Waals surface area contributed by atoms with Gasteiger partial charge in [0.1, 0.15) is 18.1 Å². The van der Waals surface area contributed by atoms with Crippen LogP contribution in [0, 0.1) is 7.14 Å². The third kappa shape index (κ3) is 3.54. The van der Waals surface area contributed by atoms with Crippen molar-refractivity contribution in [3.8, 4) is 11.5 Å². The van der Waals surface area contributed by atoms with E-state index < -0.39 is 5.97 Å². The maximum Gasteiger partial charge on any atom is 0.142 e. The van der Waals surface area contributed by atoms with Crippen LogP contribution in [0.25, 0.3) is 0 Å². The van der Waals surface area contributed by atoms with Crippen molar-refractivity contribution in [1.29, 1.82) is 0 Å². The fraction of sp³-hybridized carbons (Fsp3) is 0.0714. The molecule has 0 saturated carbocycles. The number of carboxylic acids is 1. The van der Waals surface area contributed by atoms with E-state index in [0.29, 0.717) is 0 Å². The standard InChI is InChI=1S/C14H10I2O4/c15-10-5-8(6-11(16)13(10)17)7-20-12-4-2-1-3-9(12)14(18)19/h1-6,17H,7H2,(H,18,19)/p-1. The summed E-state index contributed by atoms with van der Waals surface area (Å²) in [5, 5.41) is 20.7. The van der Waals surface area contributed by atoms with Crippen LogP contribution < -0.4 is 9.84 Å². The molecule has 6 heteroatoms. The molecule has 0 amide bonds. The van der Waals surface area contributed by atoms with E-state index in [1.165, 1.54) is 6.07 Å². The number of phenols is 1. The first-order chi connectivity index (χ1) is 9.49. The lowest BCUT2D eigenvalue weighted by molar-refractivity contribution is -0.255. The fourth-order valence-corrected chi connectivity index (χ4v) is 3.52. The molecule has 0 fully saturated rings. The molecule has 2 aromatic rings. The SMILES string of the molecule is O=C([O-])c1ccccc1OCc1cc(I)c(O)c(I)c1. The molecule has 0 spiro atoms. The van der Waals surface area contributed by atoms with E-state index in [4.69, 9.17) is 4.74 Å². The Labute approximate surface area is 143 Å². The van der Waals surface area contributed by atoms with E-state index >= 15 is 0 Å². The predicted octanol–water partition coefficient (Wildman–Crippen LogP) is 2.54. The fourth-order valence-electron chi connectivity index (χ4n) is 1.62. The molecule has 4 nitrogen and oxygen atoms in total. The van der Waals surface area contributed by atoms with Crippen molar-refractivity contribution in [2.75, 3.05) is 0 Å². The monoisotopic (exact) mass is 495 g/mol. The van der Waals surface area contributed by atoms with Crippen LogP contribution in [-0.4, -0.2) is 11.1 Å². The maximum absolute atomic E-state index is 11.0. The zero-order valence-corrected chi connectivity index (χ0v) is 14.4. The van der Waals surface area contributed by atoms with Crippen molar-refractivity contribution >= 4 is 51.2 Å². The van der Waals surface area contributed by atoms with Crippen LogP contribution in [0.3, 0.4) is 0 Å². The summed E-state index contributed by atoms with van der Waals surface area (Å²) in [4.78, 5) is 11.0. The van der Waals surface area contributed by atoms with Crippen LogP contribution in [0.5, 0.6) is 11.5 Å². The molecular weight excluding hydrogens is 486 g/mol. The van der Waals surface area contributed by atoms with Crippen LogP contribution in [-0.2, 0) is 6.61 Å². The van der Waals surface area contributed by atoms with Crippen LogP contribution in [0.2, 0.25) is 0 Å². The quantitative estimate of drug-likeness (QED) is 0.663. The smallest absolute Gasteiger partial charge is 0.142 e. The Hall–Kier alpha value is -1.03. The summed E-state index contributed by atoms with van der Waals surface area (Å²) in [6, 6.07) is 9.92. The van der Waals surface area contributed by atoms with E-state index in [1.54, 1.807) is 30.3 Å². The minimum atomic E-state index is -1.27. The highest BCUT2D eigenvalue weighted by Gasteiger charge is 2.08. The Bertz CT molecular complexity index is 632. The first-order valence-electron chi connectivity index (χ1n) is 5.59. The van der Waals surface area contributed by atoms with Gasteiger partial charge in [0.25, 0.3) is 0 Å². The van der Waals surface area contributed by atoms with Gasteiger partial charge in [0.2, 0.25) is 0 Å². The molecule has 0 aliphatic rings. The number of aromatic carboxylic acids is 1. The van der Waals surface area contributed by atoms with Gasteiger partial charge in [-0.1, -0.05) is 12.1 Å². The second kappa shape index (κ2) is 6.61. The number of phenolic OH excluding ortho intramolecular Hbond substituents is 1. The lowest BCUT2D eigenvalue weighted by atomic mass is 10.2. The summed E-state index contributed by atoms with van der Waals surface area (Å²) in [6.07, 6.45) is 0. The number of aromatic hydroxyl groups is 1. The van der Waals surface area contributed by atoms with Gasteiger partial charge in [-0.25, -0.2) is 0 Å². The summed E-state index contributed by atoms with van der Waals surface area (Å²) < 4.78 is 6.97. The van der Waals surface area contributed by atoms with Gasteiger partial charge in [-0.3, -0.25) is 0 Å². The molecule has 0 heterocycles. The van der Waals surface area contributed by atoms with Gasteiger partial charge in [0.05, 0.1) is 13.1 Å². The molecule has 0 aliphatic carbocycles. The summed E-state index contributed by atoms with van der Waals surface area (Å²) in [5.74, 6) is -0.758. The normalized spacial score (nSPS) is 10.3. The van der Waals surface area contributed by atoms with Crippen LogP contribution in [0.4, 0.5) is 0 Å². The highest BCUT2D eigenvalue weighted by atomic mass is 127. The van der Waals surface area contributed by atoms with Crippen molar-refractivity contribution in [2.45, 2.75) is 6.61 Å². The highest BCUT2D eigenvalue weighted by molar-refractivity contribution is 14.1. The van der Waals surface area contributed by atoms with E-state index in [0.717, 1.165) is 12.7 Å². The van der Waals surface area contributed by atoms with Crippen molar-refractivity contribution in [3.63, 3.8) is 0 Å². The number of carbonyl (C=O) groups excluding carboxylic acids is 1. The van der Waals surface area contributed by atoms with Crippen molar-refractivity contribution < 1.29 is 19.7 Å². The Morgan fingerprint density at radius 2 is 1.80 bits per heavy atom. The highest BCUT2D eigenvalue weighted by Crippen LogP contribution is 2.28. The molecule has 104 valence electrons. The number of carbonyl (C=O) groups is 1. The average Bonchev–Trinajstić information content (AvgIpc) is 2.42. The van der Waals surface area contributed by atoms with Gasteiger partial charge < -0.3 is 19.7 Å². The number of benzene rings is 2. The van der Waals surface area contributed by atoms with Gasteiger partial charge >= 0.3 is 0 Å². The molecule has 1 N–H and O–H groups in total. The first kappa shape index (κ1) is 15.4. The number of rotatable bonds is 4. The Kier molecular flexibility index (Phi) is 5.08. The molecule has 0 aromatic heterocycles. The summed E-state index contributed by atoms with van der Waals surface area (Å²) in [7, 11) is 0. The van der Waals surface area contributed by atoms with Gasteiger partial charge in [0, 0.05) is 5.56 Å². The molecule has 20 heavy (non-hydrogen) atoms. The summed E-state index contributed by atoms with van der Waals surface area (Å²) >= 11 is 4.07. The zero-order chi connectivity index (χ0) is 14.7. The number of para-hydroxylation sites is 1. The number of carboxylic acid groups (broad SMARTS) is 1. The average molecular weight is 495 g/mol. The lowest BCUT2D eigenvalue weighted by Crippen LogP contribution is -2.23. The molecule has 2 aromatic carbocycles. The topological polar surface area (TPSA) is 69.6 Å². The van der Waals surface area contributed by atoms with Crippen LogP contribution in [0.15, 0.2) is 36.4 Å². The molecule has 0 atom stereocenters. The molecule has 0 radical (unpaired) electrons. The second-order valence-electron chi connectivity index (χ2n) is 3.98. The summed E-state index contributed by atoms with van der Waals surface area (Å²) in [6.45, 7) is 0.219. The number of halogens is 2. The zero-order valence-electron chi connectivity index (χ0n) is 10.1. The van der Waals surface area contributed by atoms with Gasteiger partial charge in [-0.05, 0) is 75.0 Å². The van der Waals surface area contributed by atoms with E-state index in [-0.39, 0.29) is 23.7 Å². The van der Waals surface area contributed by atoms with E-state index in [1.807, 2.05) is 45.2 Å². The maximum atomic E-state index is 11.0. The Morgan fingerprint density at radius 3 is 2.40 bits per heavy atom. The van der Waals surface area contributed by atoms with Crippen molar-refractivity contribution in [3.05, 3.63) is 54.7 Å². The van der Waals surface area contributed by atoms with Gasteiger partial charge in [-0.2, -0.15) is 0 Å². The van der Waals surface area contributed by atoms with Gasteiger partial charge in [0.15, 0.2) is 0 Å². The largest absolute Gasteiger partial charge is 0.545 e. The minimum absolute atomic E-state index is 0.0238. The number of ether oxygens (including phenoxy) is 1. The predicted molar refractivity (Wildman–Crippen MR) is 88.6 cm³/mol. The third-order valence-electron chi connectivity index (χ3n) is 2.58. The van der Waals surface area contributed by atoms with Crippen LogP contribution >= 0.6 is 45.2 Å². The Balaban J connectivity index is 2.19. The molecule has 2 rings (SSSR count). The molecule has 0 aliphatic heterocycles. The van der Waals surface area contributed by atoms with Crippen molar-refractivity contribution in [2.24, 2.45) is 0 Å². The second-order valence-corrected chi connectivity index (χ2v) is 6.30. The molecule has 0 bridgehead atoms. The van der Waals surface area contributed by atoms with E-state index in [2.05, 4.69) is 0 Å². The third-order valence-corrected chi connectivity index (χ3v) is 4.22. The molecular formula is C14H9I2O4-. The van der Waals surface area contributed by atoms with E-state index in [9.17, 15) is 15.0 Å². The molecule has 0 saturated heterocycles. The lowest BCUT2D eigenvalue weighted by Gasteiger charge is -2.12. The Morgan fingerprint density at radius 1 is 1.20 bits per heavy atom. The van der Waals surface area contributed by atoms with Gasteiger partial charge in [-0.15, -0.1) is 0 Å². The van der Waals surface area contributed by atoms with Crippen molar-refractivity contribution in [1.82, 2.24) is 0 Å². The number of hydrogen-bond acceptors (Lipinski definition) is 4. The number of hydrogen-bond donors (Lipinski definition) is 1. The summed E-state index contributed by atoms with van der Waals surface area (Å²) in [5.41, 5.74) is 0.875. The molecule has 0 unspecified atom stereocenters. The first-order valence-corrected chi connectivity index (χ1v) is 7.75. The minimum Gasteiger partial charge on any atom is -0.545 e. The van der Waals surface area contributed by atoms with Crippen LogP contribution in [0.1, 0.15) is 15.9 Å².